The van der Waals surface area contributed by atoms with Gasteiger partial charge in [-0.2, -0.15) is 0 Å². The minimum Gasteiger partial charge on any atom is -0.493 e. The van der Waals surface area contributed by atoms with Gasteiger partial charge in [0.2, 0.25) is 0 Å². The number of benzene rings is 2. The standard InChI is InChI=1S/C19H24O6/c1-4-24-15-10-9-13(11-17(15)23-3)19(21)18(12-20)25-16-8-6-5-7-14(16)22-2/h5-11,18-21H,4,12H2,1-3H3/t18-,19-/m1/s1. The van der Waals surface area contributed by atoms with Crippen molar-refractivity contribution < 1.29 is 29.2 Å². The zero-order chi connectivity index (χ0) is 18.2. The Bertz CT molecular complexity index is 673. The summed E-state index contributed by atoms with van der Waals surface area (Å²) in [5.74, 6) is 2.07. The second-order valence-electron chi connectivity index (χ2n) is 5.28. The second-order valence-corrected chi connectivity index (χ2v) is 5.28. The number of methoxy groups -OCH3 is 2. The van der Waals surface area contributed by atoms with Crippen LogP contribution >= 0.6 is 0 Å². The number of rotatable bonds is 9. The van der Waals surface area contributed by atoms with Crippen molar-refractivity contribution in [2.45, 2.75) is 19.1 Å². The molecule has 0 spiro atoms. The van der Waals surface area contributed by atoms with Gasteiger partial charge >= 0.3 is 0 Å². The molecule has 2 N–H and O–H groups in total. The fraction of sp³-hybridized carbons (Fsp3) is 0.368. The zero-order valence-corrected chi connectivity index (χ0v) is 14.6. The number of para-hydroxylation sites is 2. The summed E-state index contributed by atoms with van der Waals surface area (Å²) >= 11 is 0. The predicted molar refractivity (Wildman–Crippen MR) is 93.6 cm³/mol. The van der Waals surface area contributed by atoms with Crippen LogP contribution in [0.5, 0.6) is 23.0 Å². The first-order valence-corrected chi connectivity index (χ1v) is 8.03. The van der Waals surface area contributed by atoms with Crippen LogP contribution in [0.3, 0.4) is 0 Å². The van der Waals surface area contributed by atoms with Crippen molar-refractivity contribution in [3.05, 3.63) is 48.0 Å². The molecule has 0 heterocycles. The van der Waals surface area contributed by atoms with Gasteiger partial charge in [-0.15, -0.1) is 0 Å². The fourth-order valence-corrected chi connectivity index (χ4v) is 2.44. The highest BCUT2D eigenvalue weighted by Gasteiger charge is 2.24. The molecule has 2 atom stereocenters. The molecule has 0 aliphatic heterocycles. The topological polar surface area (TPSA) is 77.4 Å². The van der Waals surface area contributed by atoms with Crippen LogP contribution in [0.1, 0.15) is 18.6 Å². The molecule has 2 aromatic rings. The van der Waals surface area contributed by atoms with Crippen molar-refractivity contribution in [1.82, 2.24) is 0 Å². The summed E-state index contributed by atoms with van der Waals surface area (Å²) in [5, 5.41) is 20.3. The van der Waals surface area contributed by atoms with E-state index in [-0.39, 0.29) is 6.61 Å². The van der Waals surface area contributed by atoms with Crippen LogP contribution in [0.25, 0.3) is 0 Å². The molecule has 136 valence electrons. The maximum absolute atomic E-state index is 10.6. The molecule has 6 nitrogen and oxygen atoms in total. The highest BCUT2D eigenvalue weighted by atomic mass is 16.5. The molecular weight excluding hydrogens is 324 g/mol. The highest BCUT2D eigenvalue weighted by Crippen LogP contribution is 2.33. The first-order valence-electron chi connectivity index (χ1n) is 8.03. The first kappa shape index (κ1) is 18.9. The van der Waals surface area contributed by atoms with E-state index in [1.165, 1.54) is 14.2 Å². The third-order valence-electron chi connectivity index (χ3n) is 3.71. The lowest BCUT2D eigenvalue weighted by molar-refractivity contribution is -0.000519. The molecule has 0 radical (unpaired) electrons. The highest BCUT2D eigenvalue weighted by molar-refractivity contribution is 5.44. The number of aliphatic hydroxyl groups is 2. The molecule has 2 aromatic carbocycles. The van der Waals surface area contributed by atoms with Gasteiger partial charge in [0.1, 0.15) is 6.10 Å². The van der Waals surface area contributed by atoms with Crippen molar-refractivity contribution in [3.63, 3.8) is 0 Å². The van der Waals surface area contributed by atoms with Crippen LogP contribution in [-0.2, 0) is 0 Å². The molecule has 0 saturated heterocycles. The van der Waals surface area contributed by atoms with E-state index in [9.17, 15) is 10.2 Å². The Morgan fingerprint density at radius 2 is 1.60 bits per heavy atom. The maximum Gasteiger partial charge on any atom is 0.161 e. The molecule has 25 heavy (non-hydrogen) atoms. The van der Waals surface area contributed by atoms with E-state index in [1.54, 1.807) is 36.4 Å². The van der Waals surface area contributed by atoms with Crippen LogP contribution in [0.4, 0.5) is 0 Å². The Morgan fingerprint density at radius 3 is 2.20 bits per heavy atom. The zero-order valence-electron chi connectivity index (χ0n) is 14.6. The Labute approximate surface area is 147 Å². The van der Waals surface area contributed by atoms with E-state index >= 15 is 0 Å². The number of aliphatic hydroxyl groups excluding tert-OH is 2. The monoisotopic (exact) mass is 348 g/mol. The largest absolute Gasteiger partial charge is 0.493 e. The quantitative estimate of drug-likeness (QED) is 0.725. The van der Waals surface area contributed by atoms with Crippen molar-refractivity contribution in [1.29, 1.82) is 0 Å². The molecule has 0 amide bonds. The lowest BCUT2D eigenvalue weighted by Crippen LogP contribution is -2.29. The Hall–Kier alpha value is -2.44. The van der Waals surface area contributed by atoms with Gasteiger partial charge in [0, 0.05) is 0 Å². The summed E-state index contributed by atoms with van der Waals surface area (Å²) in [7, 11) is 3.06. The van der Waals surface area contributed by atoms with Crippen molar-refractivity contribution in [2.24, 2.45) is 0 Å². The maximum atomic E-state index is 10.6. The van der Waals surface area contributed by atoms with Gasteiger partial charge in [0.05, 0.1) is 27.4 Å². The summed E-state index contributed by atoms with van der Waals surface area (Å²) in [5.41, 5.74) is 0.550. The second kappa shape index (κ2) is 9.15. The third kappa shape index (κ3) is 4.55. The van der Waals surface area contributed by atoms with Gasteiger partial charge < -0.3 is 29.2 Å². The molecule has 2 rings (SSSR count). The lowest BCUT2D eigenvalue weighted by atomic mass is 10.0. The van der Waals surface area contributed by atoms with E-state index < -0.39 is 12.2 Å². The molecular formula is C19H24O6. The molecule has 0 aliphatic carbocycles. The minimum absolute atomic E-state index is 0.366. The van der Waals surface area contributed by atoms with Crippen molar-refractivity contribution >= 4 is 0 Å². The SMILES string of the molecule is CCOc1ccc([C@@H](O)[C@@H](CO)Oc2ccccc2OC)cc1OC. The van der Waals surface area contributed by atoms with Gasteiger partial charge in [-0.1, -0.05) is 18.2 Å². The molecule has 0 saturated carbocycles. The molecule has 6 heteroatoms. The molecule has 0 fully saturated rings. The average molecular weight is 348 g/mol. The van der Waals surface area contributed by atoms with Crippen molar-refractivity contribution in [2.75, 3.05) is 27.4 Å². The van der Waals surface area contributed by atoms with Gasteiger partial charge in [-0.3, -0.25) is 0 Å². The Morgan fingerprint density at radius 1 is 0.920 bits per heavy atom. The summed E-state index contributed by atoms with van der Waals surface area (Å²) < 4.78 is 21.8. The van der Waals surface area contributed by atoms with Crippen LogP contribution in [0, 0.1) is 0 Å². The fourth-order valence-electron chi connectivity index (χ4n) is 2.44. The minimum atomic E-state index is -1.06. The number of hydrogen-bond acceptors (Lipinski definition) is 6. The van der Waals surface area contributed by atoms with Gasteiger partial charge in [-0.05, 0) is 36.8 Å². The predicted octanol–water partition coefficient (Wildman–Crippen LogP) is 2.58. The van der Waals surface area contributed by atoms with E-state index in [0.29, 0.717) is 35.2 Å². The summed E-state index contributed by atoms with van der Waals surface area (Å²) in [6.45, 7) is 2.02. The van der Waals surface area contributed by atoms with Crippen LogP contribution in [-0.4, -0.2) is 43.8 Å². The van der Waals surface area contributed by atoms with Crippen LogP contribution in [0.2, 0.25) is 0 Å². The number of hydrogen-bond donors (Lipinski definition) is 2. The van der Waals surface area contributed by atoms with Gasteiger partial charge in [0.25, 0.3) is 0 Å². The van der Waals surface area contributed by atoms with E-state index in [0.717, 1.165) is 0 Å². The summed E-state index contributed by atoms with van der Waals surface area (Å²) in [6, 6.07) is 12.2. The van der Waals surface area contributed by atoms with E-state index in [2.05, 4.69) is 0 Å². The van der Waals surface area contributed by atoms with E-state index in [1.807, 2.05) is 13.0 Å². The smallest absolute Gasteiger partial charge is 0.161 e. The Kier molecular flexibility index (Phi) is 6.91. The molecule has 0 bridgehead atoms. The Balaban J connectivity index is 2.22. The summed E-state index contributed by atoms with van der Waals surface area (Å²) in [6.07, 6.45) is -1.92. The molecule has 0 aliphatic rings. The third-order valence-corrected chi connectivity index (χ3v) is 3.71. The number of ether oxygens (including phenoxy) is 4. The van der Waals surface area contributed by atoms with Crippen LogP contribution < -0.4 is 18.9 Å². The molecule has 0 aromatic heterocycles. The van der Waals surface area contributed by atoms with Gasteiger partial charge in [-0.25, -0.2) is 0 Å². The van der Waals surface area contributed by atoms with Crippen LogP contribution in [0.15, 0.2) is 42.5 Å². The van der Waals surface area contributed by atoms with Gasteiger partial charge in [0.15, 0.2) is 29.1 Å². The van der Waals surface area contributed by atoms with E-state index in [4.69, 9.17) is 18.9 Å². The van der Waals surface area contributed by atoms with Crippen molar-refractivity contribution in [3.8, 4) is 23.0 Å². The summed E-state index contributed by atoms with van der Waals surface area (Å²) in [4.78, 5) is 0. The first-order chi connectivity index (χ1) is 12.1. The molecule has 0 unspecified atom stereocenters. The normalized spacial score (nSPS) is 13.0. The lowest BCUT2D eigenvalue weighted by Gasteiger charge is -2.24. The average Bonchev–Trinajstić information content (AvgIpc) is 2.66.